The van der Waals surface area contributed by atoms with E-state index in [-0.39, 0.29) is 0 Å². The predicted octanol–water partition coefficient (Wildman–Crippen LogP) is 4.87. The monoisotopic (exact) mass is 297 g/mol. The molecular formula is C15H14F3NS. The van der Waals surface area contributed by atoms with Crippen LogP contribution in [0.5, 0.6) is 0 Å². The van der Waals surface area contributed by atoms with E-state index in [9.17, 15) is 13.2 Å². The first kappa shape index (κ1) is 13.5. The lowest BCUT2D eigenvalue weighted by molar-refractivity contribution is -0.137. The Morgan fingerprint density at radius 3 is 2.50 bits per heavy atom. The molecule has 0 spiro atoms. The van der Waals surface area contributed by atoms with Crippen LogP contribution in [0, 0.1) is 0 Å². The summed E-state index contributed by atoms with van der Waals surface area (Å²) in [6.45, 7) is 0.670. The summed E-state index contributed by atoms with van der Waals surface area (Å²) in [5.41, 5.74) is 1.55. The first-order valence-corrected chi connectivity index (χ1v) is 7.35. The summed E-state index contributed by atoms with van der Waals surface area (Å²) in [4.78, 5) is 2.71. The third-order valence-corrected chi connectivity index (χ3v) is 4.71. The van der Waals surface area contributed by atoms with Gasteiger partial charge in [0.2, 0.25) is 0 Å². The average Bonchev–Trinajstić information content (AvgIpc) is 2.96. The lowest BCUT2D eigenvalue weighted by Gasteiger charge is -2.09. The molecule has 1 N–H and O–H groups in total. The van der Waals surface area contributed by atoms with Crippen LogP contribution in [0.2, 0.25) is 0 Å². The lowest BCUT2D eigenvalue weighted by atomic mass is 10.2. The minimum absolute atomic E-state index is 0.613. The SMILES string of the molecule is FC(F)(F)c1ccc(NCc2cc3c(s2)CCC3)cc1. The highest BCUT2D eigenvalue weighted by molar-refractivity contribution is 7.12. The van der Waals surface area contributed by atoms with Crippen LogP contribution in [0.25, 0.3) is 0 Å². The summed E-state index contributed by atoms with van der Waals surface area (Å²) in [5, 5.41) is 3.17. The molecule has 1 aliphatic rings. The number of hydrogen-bond acceptors (Lipinski definition) is 2. The molecule has 1 aliphatic carbocycles. The molecule has 0 saturated carbocycles. The highest BCUT2D eigenvalue weighted by Crippen LogP contribution is 2.32. The molecule has 0 unspecified atom stereocenters. The van der Waals surface area contributed by atoms with Gasteiger partial charge in [-0.3, -0.25) is 0 Å². The van der Waals surface area contributed by atoms with E-state index < -0.39 is 11.7 Å². The van der Waals surface area contributed by atoms with Crippen LogP contribution in [0.4, 0.5) is 18.9 Å². The van der Waals surface area contributed by atoms with Crippen LogP contribution in [0.15, 0.2) is 30.3 Å². The molecular weight excluding hydrogens is 283 g/mol. The van der Waals surface area contributed by atoms with Crippen molar-refractivity contribution in [2.45, 2.75) is 32.0 Å². The Kier molecular flexibility index (Phi) is 3.46. The van der Waals surface area contributed by atoms with Crippen molar-refractivity contribution in [3.63, 3.8) is 0 Å². The van der Waals surface area contributed by atoms with E-state index in [4.69, 9.17) is 0 Å². The minimum Gasteiger partial charge on any atom is -0.380 e. The predicted molar refractivity (Wildman–Crippen MR) is 75.1 cm³/mol. The molecule has 106 valence electrons. The van der Waals surface area contributed by atoms with Gasteiger partial charge in [0.15, 0.2) is 0 Å². The van der Waals surface area contributed by atoms with E-state index >= 15 is 0 Å². The largest absolute Gasteiger partial charge is 0.416 e. The van der Waals surface area contributed by atoms with Gasteiger partial charge in [0.25, 0.3) is 0 Å². The fraction of sp³-hybridized carbons (Fsp3) is 0.333. The summed E-state index contributed by atoms with van der Waals surface area (Å²) in [6, 6.07) is 7.38. The molecule has 0 atom stereocenters. The Hall–Kier alpha value is -1.49. The normalized spacial score (nSPS) is 14.3. The van der Waals surface area contributed by atoms with Crippen molar-refractivity contribution in [3.05, 3.63) is 51.2 Å². The van der Waals surface area contributed by atoms with Crippen molar-refractivity contribution in [2.24, 2.45) is 0 Å². The number of hydrogen-bond donors (Lipinski definition) is 1. The first-order valence-electron chi connectivity index (χ1n) is 6.54. The third-order valence-electron chi connectivity index (χ3n) is 3.48. The van der Waals surface area contributed by atoms with Crippen molar-refractivity contribution in [3.8, 4) is 0 Å². The molecule has 1 aromatic heterocycles. The summed E-state index contributed by atoms with van der Waals surface area (Å²) in [5.74, 6) is 0. The van der Waals surface area contributed by atoms with Gasteiger partial charge in [-0.1, -0.05) is 0 Å². The van der Waals surface area contributed by atoms with Crippen LogP contribution < -0.4 is 5.32 Å². The standard InChI is InChI=1S/C15H14F3NS/c16-15(17,18)11-4-6-12(7-5-11)19-9-13-8-10-2-1-3-14(10)20-13/h4-8,19H,1-3,9H2. The minimum atomic E-state index is -4.27. The van der Waals surface area contributed by atoms with Crippen molar-refractivity contribution < 1.29 is 13.2 Å². The molecule has 1 aromatic carbocycles. The van der Waals surface area contributed by atoms with Crippen LogP contribution in [0.1, 0.15) is 27.3 Å². The van der Waals surface area contributed by atoms with Gasteiger partial charge in [-0.05, 0) is 55.2 Å². The highest BCUT2D eigenvalue weighted by atomic mass is 32.1. The second-order valence-corrected chi connectivity index (χ2v) is 6.16. The van der Waals surface area contributed by atoms with Crippen LogP contribution in [0.3, 0.4) is 0 Å². The van der Waals surface area contributed by atoms with Gasteiger partial charge in [-0.25, -0.2) is 0 Å². The maximum atomic E-state index is 12.4. The summed E-state index contributed by atoms with van der Waals surface area (Å²) in [7, 11) is 0. The van der Waals surface area contributed by atoms with Crippen LogP contribution in [-0.4, -0.2) is 0 Å². The zero-order chi connectivity index (χ0) is 14.2. The second kappa shape index (κ2) is 5.13. The molecule has 0 amide bonds. The first-order chi connectivity index (χ1) is 9.52. The van der Waals surface area contributed by atoms with Crippen molar-refractivity contribution in [1.29, 1.82) is 0 Å². The zero-order valence-corrected chi connectivity index (χ0v) is 11.6. The van der Waals surface area contributed by atoms with Gasteiger partial charge in [0.05, 0.1) is 5.56 Å². The Bertz CT molecular complexity index is 577. The zero-order valence-electron chi connectivity index (χ0n) is 10.8. The van der Waals surface area contributed by atoms with Gasteiger partial charge < -0.3 is 5.32 Å². The molecule has 2 aromatic rings. The topological polar surface area (TPSA) is 12.0 Å². The van der Waals surface area contributed by atoms with Gasteiger partial charge in [0, 0.05) is 22.0 Å². The van der Waals surface area contributed by atoms with E-state index in [1.165, 1.54) is 40.3 Å². The summed E-state index contributed by atoms with van der Waals surface area (Å²) < 4.78 is 37.3. The highest BCUT2D eigenvalue weighted by Gasteiger charge is 2.29. The quantitative estimate of drug-likeness (QED) is 0.852. The number of benzene rings is 1. The van der Waals surface area contributed by atoms with Gasteiger partial charge in [-0.2, -0.15) is 13.2 Å². The number of thiophene rings is 1. The number of anilines is 1. The Balaban J connectivity index is 1.63. The molecule has 3 rings (SSSR count). The average molecular weight is 297 g/mol. The van der Waals surface area contributed by atoms with E-state index in [0.717, 1.165) is 18.6 Å². The number of rotatable bonds is 3. The fourth-order valence-electron chi connectivity index (χ4n) is 2.44. The van der Waals surface area contributed by atoms with E-state index in [1.807, 2.05) is 0 Å². The van der Waals surface area contributed by atoms with E-state index in [1.54, 1.807) is 11.3 Å². The van der Waals surface area contributed by atoms with E-state index in [2.05, 4.69) is 11.4 Å². The maximum Gasteiger partial charge on any atom is 0.416 e. The Labute approximate surface area is 119 Å². The molecule has 20 heavy (non-hydrogen) atoms. The van der Waals surface area contributed by atoms with Gasteiger partial charge >= 0.3 is 6.18 Å². The smallest absolute Gasteiger partial charge is 0.380 e. The number of aryl methyl sites for hydroxylation is 2. The fourth-order valence-corrected chi connectivity index (χ4v) is 3.64. The number of nitrogens with one attached hydrogen (secondary N) is 1. The molecule has 5 heteroatoms. The molecule has 0 bridgehead atoms. The molecule has 0 saturated heterocycles. The Morgan fingerprint density at radius 2 is 1.85 bits per heavy atom. The van der Waals surface area contributed by atoms with Crippen LogP contribution >= 0.6 is 11.3 Å². The molecule has 1 heterocycles. The summed E-state index contributed by atoms with van der Waals surface area (Å²) >= 11 is 1.81. The number of fused-ring (bicyclic) bond motifs is 1. The number of halogens is 3. The molecule has 0 fully saturated rings. The third kappa shape index (κ3) is 2.82. The second-order valence-electron chi connectivity index (χ2n) is 4.94. The van der Waals surface area contributed by atoms with Crippen LogP contribution in [-0.2, 0) is 25.6 Å². The van der Waals surface area contributed by atoms with E-state index in [0.29, 0.717) is 12.2 Å². The molecule has 0 radical (unpaired) electrons. The Morgan fingerprint density at radius 1 is 1.10 bits per heavy atom. The van der Waals surface area contributed by atoms with Gasteiger partial charge in [0.1, 0.15) is 0 Å². The van der Waals surface area contributed by atoms with Crippen molar-refractivity contribution in [2.75, 3.05) is 5.32 Å². The molecule has 0 aliphatic heterocycles. The lowest BCUT2D eigenvalue weighted by Crippen LogP contribution is -2.05. The number of alkyl halides is 3. The molecule has 1 nitrogen and oxygen atoms in total. The maximum absolute atomic E-state index is 12.4. The van der Waals surface area contributed by atoms with Gasteiger partial charge in [-0.15, -0.1) is 11.3 Å². The summed E-state index contributed by atoms with van der Waals surface area (Å²) in [6.07, 6.45) is -0.701. The van der Waals surface area contributed by atoms with Crippen molar-refractivity contribution in [1.82, 2.24) is 0 Å². The van der Waals surface area contributed by atoms with Crippen molar-refractivity contribution >= 4 is 17.0 Å².